The maximum absolute atomic E-state index is 12.7. The molecule has 1 unspecified atom stereocenters. The number of fused-ring (bicyclic) bond motifs is 2. The highest BCUT2D eigenvalue weighted by atomic mass is 32.1. The second kappa shape index (κ2) is 6.79. The first-order valence-electron chi connectivity index (χ1n) is 8.49. The lowest BCUT2D eigenvalue weighted by Gasteiger charge is -2.22. The predicted octanol–water partition coefficient (Wildman–Crippen LogP) is 1.67. The van der Waals surface area contributed by atoms with Gasteiger partial charge >= 0.3 is 0 Å². The Morgan fingerprint density at radius 2 is 2.23 bits per heavy atom. The van der Waals surface area contributed by atoms with E-state index < -0.39 is 5.91 Å². The number of benzene rings is 1. The van der Waals surface area contributed by atoms with E-state index in [-0.39, 0.29) is 5.91 Å². The number of nitrogens with zero attached hydrogens (tertiary/aromatic N) is 1. The zero-order valence-electron chi connectivity index (χ0n) is 14.3. The van der Waals surface area contributed by atoms with Crippen LogP contribution in [0.25, 0.3) is 10.2 Å². The summed E-state index contributed by atoms with van der Waals surface area (Å²) >= 11 is 2.97. The van der Waals surface area contributed by atoms with Crippen molar-refractivity contribution >= 4 is 49.7 Å². The van der Waals surface area contributed by atoms with Crippen LogP contribution in [0.5, 0.6) is 0 Å². The average molecular weight is 388 g/mol. The third-order valence-electron chi connectivity index (χ3n) is 4.80. The predicted molar refractivity (Wildman–Crippen MR) is 104 cm³/mol. The van der Waals surface area contributed by atoms with Crippen molar-refractivity contribution in [2.45, 2.75) is 19.9 Å². The molecule has 0 aliphatic carbocycles. The first-order valence-corrected chi connectivity index (χ1v) is 10.2. The second-order valence-electron chi connectivity index (χ2n) is 6.34. The molecule has 0 saturated heterocycles. The number of carbonyl (C=O) groups is 2. The Morgan fingerprint density at radius 3 is 3.00 bits per heavy atom. The molecule has 0 bridgehead atoms. The molecule has 4 rings (SSSR count). The molecular weight excluding hydrogens is 368 g/mol. The van der Waals surface area contributed by atoms with E-state index in [1.807, 2.05) is 12.1 Å². The van der Waals surface area contributed by atoms with Gasteiger partial charge in [0, 0.05) is 12.0 Å². The second-order valence-corrected chi connectivity index (χ2v) is 8.33. The summed E-state index contributed by atoms with van der Waals surface area (Å²) < 4.78 is 0.959. The molecule has 0 radical (unpaired) electrons. The largest absolute Gasteiger partial charge is 0.365 e. The molecule has 2 amide bonds. The number of nitrogens with one attached hydrogen (secondary N) is 2. The molecule has 1 aliphatic rings. The molecule has 1 aromatic carbocycles. The third kappa shape index (κ3) is 3.00. The van der Waals surface area contributed by atoms with E-state index in [9.17, 15) is 9.59 Å². The van der Waals surface area contributed by atoms with Crippen molar-refractivity contribution in [3.05, 3.63) is 45.3 Å². The lowest BCUT2D eigenvalue weighted by molar-refractivity contribution is -0.913. The fourth-order valence-electron chi connectivity index (χ4n) is 3.36. The van der Waals surface area contributed by atoms with Crippen LogP contribution in [0.3, 0.4) is 0 Å². The zero-order chi connectivity index (χ0) is 18.3. The number of rotatable bonds is 4. The number of thiophene rings is 1. The van der Waals surface area contributed by atoms with Crippen LogP contribution in [0, 0.1) is 0 Å². The molecule has 0 saturated carbocycles. The number of likely N-dealkylation sites (N-methyl/N-ethyl adjacent to an activating group) is 1. The molecule has 3 aromatic rings. The van der Waals surface area contributed by atoms with Crippen molar-refractivity contribution in [2.24, 2.45) is 5.73 Å². The van der Waals surface area contributed by atoms with Gasteiger partial charge in [0.05, 0.1) is 39.3 Å². The maximum atomic E-state index is 12.7. The van der Waals surface area contributed by atoms with Gasteiger partial charge in [-0.1, -0.05) is 0 Å². The zero-order valence-corrected chi connectivity index (χ0v) is 15.9. The van der Waals surface area contributed by atoms with Crippen LogP contribution in [-0.4, -0.2) is 29.9 Å². The van der Waals surface area contributed by atoms with E-state index in [4.69, 9.17) is 5.73 Å². The number of primary amides is 1. The summed E-state index contributed by atoms with van der Waals surface area (Å²) in [6.45, 7) is 5.05. The monoisotopic (exact) mass is 387 g/mol. The van der Waals surface area contributed by atoms with Gasteiger partial charge in [-0.15, -0.1) is 22.7 Å². The highest BCUT2D eigenvalue weighted by molar-refractivity contribution is 7.17. The van der Waals surface area contributed by atoms with Crippen LogP contribution in [-0.2, 0) is 13.0 Å². The van der Waals surface area contributed by atoms with Gasteiger partial charge in [0.1, 0.15) is 11.5 Å². The molecule has 6 nitrogen and oxygen atoms in total. The number of nitrogens with two attached hydrogens (primary N) is 1. The standard InChI is InChI=1S/C18H18N4O2S2/c1-2-22-6-5-11-14(8-22)26-18(15(11)16(19)23)21-17(24)10-3-4-12-13(7-10)25-9-20-12/h3-4,7,9H,2,5-6,8H2,1H3,(H2,19,23)(H,21,24)/p+1. The fraction of sp³-hybridized carbons (Fsp3) is 0.278. The fourth-order valence-corrected chi connectivity index (χ4v) is 5.39. The molecular formula is C18H19N4O2S2+. The Labute approximate surface area is 158 Å². The minimum atomic E-state index is -0.476. The summed E-state index contributed by atoms with van der Waals surface area (Å²) in [4.78, 5) is 31.6. The SMILES string of the molecule is CC[NH+]1CCc2c(sc(NC(=O)c3ccc4ncsc4c3)c2C(N)=O)C1. The van der Waals surface area contributed by atoms with Gasteiger partial charge in [-0.05, 0) is 30.7 Å². The number of aromatic nitrogens is 1. The van der Waals surface area contributed by atoms with Gasteiger partial charge in [-0.3, -0.25) is 9.59 Å². The average Bonchev–Trinajstić information content (AvgIpc) is 3.23. The van der Waals surface area contributed by atoms with Gasteiger partial charge in [0.25, 0.3) is 11.8 Å². The van der Waals surface area contributed by atoms with Crippen molar-refractivity contribution in [2.75, 3.05) is 18.4 Å². The summed E-state index contributed by atoms with van der Waals surface area (Å²) in [5.41, 5.74) is 10.3. The van der Waals surface area contributed by atoms with E-state index in [0.717, 1.165) is 46.7 Å². The Morgan fingerprint density at radius 1 is 1.38 bits per heavy atom. The Bertz CT molecular complexity index is 1010. The van der Waals surface area contributed by atoms with Gasteiger partial charge in [-0.25, -0.2) is 4.98 Å². The van der Waals surface area contributed by atoms with E-state index in [1.54, 1.807) is 11.6 Å². The van der Waals surface area contributed by atoms with E-state index in [1.165, 1.54) is 27.6 Å². The summed E-state index contributed by atoms with van der Waals surface area (Å²) in [5, 5.41) is 3.47. The number of anilines is 1. The van der Waals surface area contributed by atoms with Crippen LogP contribution in [0.1, 0.15) is 38.1 Å². The summed E-state index contributed by atoms with van der Waals surface area (Å²) in [6, 6.07) is 5.40. The van der Waals surface area contributed by atoms with Crippen LogP contribution in [0.4, 0.5) is 5.00 Å². The lowest BCUT2D eigenvalue weighted by atomic mass is 10.0. The number of amides is 2. The summed E-state index contributed by atoms with van der Waals surface area (Å²) in [6.07, 6.45) is 0.815. The van der Waals surface area contributed by atoms with Crippen molar-refractivity contribution in [3.63, 3.8) is 0 Å². The first kappa shape index (κ1) is 17.1. The topological polar surface area (TPSA) is 89.5 Å². The van der Waals surface area contributed by atoms with Crippen LogP contribution in [0.15, 0.2) is 23.7 Å². The molecule has 26 heavy (non-hydrogen) atoms. The van der Waals surface area contributed by atoms with Gasteiger partial charge in [-0.2, -0.15) is 0 Å². The molecule has 0 fully saturated rings. The quantitative estimate of drug-likeness (QED) is 0.636. The summed E-state index contributed by atoms with van der Waals surface area (Å²) in [5.74, 6) is -0.711. The van der Waals surface area contributed by atoms with Gasteiger partial charge < -0.3 is 16.0 Å². The van der Waals surface area contributed by atoms with Crippen molar-refractivity contribution in [1.29, 1.82) is 0 Å². The lowest BCUT2D eigenvalue weighted by Crippen LogP contribution is -3.11. The maximum Gasteiger partial charge on any atom is 0.256 e. The normalized spacial score (nSPS) is 16.4. The number of hydrogen-bond acceptors (Lipinski definition) is 5. The minimum Gasteiger partial charge on any atom is -0.365 e. The van der Waals surface area contributed by atoms with Crippen LogP contribution < -0.4 is 16.0 Å². The molecule has 3 heterocycles. The van der Waals surface area contributed by atoms with Gasteiger partial charge in [0.15, 0.2) is 0 Å². The molecule has 1 aliphatic heterocycles. The van der Waals surface area contributed by atoms with Crippen LogP contribution in [0.2, 0.25) is 0 Å². The Balaban J connectivity index is 1.65. The van der Waals surface area contributed by atoms with E-state index >= 15 is 0 Å². The highest BCUT2D eigenvalue weighted by Gasteiger charge is 2.29. The molecule has 1 atom stereocenters. The van der Waals surface area contributed by atoms with E-state index in [2.05, 4.69) is 17.2 Å². The van der Waals surface area contributed by atoms with Gasteiger partial charge in [0.2, 0.25) is 0 Å². The molecule has 4 N–H and O–H groups in total. The number of carbonyl (C=O) groups excluding carboxylic acids is 2. The molecule has 0 spiro atoms. The van der Waals surface area contributed by atoms with Crippen LogP contribution >= 0.6 is 22.7 Å². The Kier molecular flexibility index (Phi) is 4.47. The number of hydrogen-bond donors (Lipinski definition) is 3. The summed E-state index contributed by atoms with van der Waals surface area (Å²) in [7, 11) is 0. The minimum absolute atomic E-state index is 0.235. The number of thiazole rings is 1. The van der Waals surface area contributed by atoms with Crippen molar-refractivity contribution in [1.82, 2.24) is 4.98 Å². The first-order chi connectivity index (χ1) is 12.6. The number of quaternary nitrogens is 1. The van der Waals surface area contributed by atoms with Crippen molar-refractivity contribution < 1.29 is 14.5 Å². The molecule has 2 aromatic heterocycles. The third-order valence-corrected chi connectivity index (χ3v) is 6.74. The Hall–Kier alpha value is -2.29. The van der Waals surface area contributed by atoms with Crippen molar-refractivity contribution in [3.8, 4) is 0 Å². The molecule has 8 heteroatoms. The highest BCUT2D eigenvalue weighted by Crippen LogP contribution is 2.34. The smallest absolute Gasteiger partial charge is 0.256 e. The molecule has 134 valence electrons. The van der Waals surface area contributed by atoms with E-state index in [0.29, 0.717) is 16.1 Å².